The average molecular weight is 189 g/mol. The van der Waals surface area contributed by atoms with Gasteiger partial charge in [0.15, 0.2) is 0 Å². The number of ether oxygens (including phenoxy) is 1. The van der Waals surface area contributed by atoms with Crippen molar-refractivity contribution in [3.05, 3.63) is 36.2 Å². The van der Waals surface area contributed by atoms with Crippen LogP contribution in [0.2, 0.25) is 0 Å². The summed E-state index contributed by atoms with van der Waals surface area (Å²) in [6, 6.07) is 5.58. The van der Waals surface area contributed by atoms with Gasteiger partial charge in [0.05, 0.1) is 13.7 Å². The van der Waals surface area contributed by atoms with Gasteiger partial charge in [-0.3, -0.25) is 4.98 Å². The highest BCUT2D eigenvalue weighted by Gasteiger charge is 2.04. The van der Waals surface area contributed by atoms with E-state index < -0.39 is 0 Å². The summed E-state index contributed by atoms with van der Waals surface area (Å²) in [7, 11) is 1.63. The van der Waals surface area contributed by atoms with Gasteiger partial charge < -0.3 is 9.84 Å². The molecule has 0 spiro atoms. The summed E-state index contributed by atoms with van der Waals surface area (Å²) in [5, 5.41) is 11.1. The molecule has 2 aromatic rings. The quantitative estimate of drug-likeness (QED) is 0.782. The second-order valence-electron chi connectivity index (χ2n) is 3.01. The Bertz CT molecular complexity index is 411. The summed E-state index contributed by atoms with van der Waals surface area (Å²) < 4.78 is 5.21. The molecule has 0 radical (unpaired) electrons. The van der Waals surface area contributed by atoms with Crippen LogP contribution in [0.4, 0.5) is 0 Å². The molecular weight excluding hydrogens is 178 g/mol. The summed E-state index contributed by atoms with van der Waals surface area (Å²) in [5.41, 5.74) is 0.892. The molecular formula is C11H11NO2. The summed E-state index contributed by atoms with van der Waals surface area (Å²) >= 11 is 0. The Morgan fingerprint density at radius 3 is 2.86 bits per heavy atom. The Kier molecular flexibility index (Phi) is 2.33. The molecule has 0 saturated carbocycles. The first kappa shape index (κ1) is 8.97. The van der Waals surface area contributed by atoms with Gasteiger partial charge in [-0.15, -0.1) is 0 Å². The van der Waals surface area contributed by atoms with E-state index in [0.29, 0.717) is 0 Å². The zero-order valence-electron chi connectivity index (χ0n) is 7.90. The lowest BCUT2D eigenvalue weighted by atomic mass is 10.1. The standard InChI is InChI=1S/C11H11NO2/c1-14-11-3-2-8(7-13)9-4-5-12-6-10(9)11/h2-6,13H,7H2,1H3. The van der Waals surface area contributed by atoms with Crippen molar-refractivity contribution in [2.75, 3.05) is 7.11 Å². The van der Waals surface area contributed by atoms with Crippen molar-refractivity contribution >= 4 is 10.8 Å². The maximum absolute atomic E-state index is 9.14. The van der Waals surface area contributed by atoms with Gasteiger partial charge in [-0.25, -0.2) is 0 Å². The maximum Gasteiger partial charge on any atom is 0.128 e. The molecule has 1 N–H and O–H groups in total. The first-order valence-corrected chi connectivity index (χ1v) is 4.37. The Morgan fingerprint density at radius 2 is 2.14 bits per heavy atom. The van der Waals surface area contributed by atoms with Crippen molar-refractivity contribution in [3.63, 3.8) is 0 Å². The van der Waals surface area contributed by atoms with E-state index in [1.807, 2.05) is 18.2 Å². The summed E-state index contributed by atoms with van der Waals surface area (Å²) in [4.78, 5) is 4.04. The molecule has 1 aromatic heterocycles. The van der Waals surface area contributed by atoms with Crippen LogP contribution in [0.3, 0.4) is 0 Å². The fourth-order valence-corrected chi connectivity index (χ4v) is 1.54. The molecule has 0 aliphatic carbocycles. The van der Waals surface area contributed by atoms with Gasteiger partial charge in [0.2, 0.25) is 0 Å². The zero-order chi connectivity index (χ0) is 9.97. The molecule has 1 heterocycles. The monoisotopic (exact) mass is 189 g/mol. The van der Waals surface area contributed by atoms with E-state index in [2.05, 4.69) is 4.98 Å². The number of hydrogen-bond acceptors (Lipinski definition) is 3. The molecule has 0 saturated heterocycles. The van der Waals surface area contributed by atoms with E-state index in [4.69, 9.17) is 9.84 Å². The van der Waals surface area contributed by atoms with Crippen molar-refractivity contribution in [1.82, 2.24) is 4.98 Å². The molecule has 3 nitrogen and oxygen atoms in total. The van der Waals surface area contributed by atoms with Crippen LogP contribution >= 0.6 is 0 Å². The summed E-state index contributed by atoms with van der Waals surface area (Å²) in [6.07, 6.45) is 3.45. The van der Waals surface area contributed by atoms with Crippen LogP contribution in [0.1, 0.15) is 5.56 Å². The van der Waals surface area contributed by atoms with Crippen LogP contribution in [0, 0.1) is 0 Å². The molecule has 3 heteroatoms. The second-order valence-corrected chi connectivity index (χ2v) is 3.01. The lowest BCUT2D eigenvalue weighted by Crippen LogP contribution is -1.90. The molecule has 72 valence electrons. The molecule has 2 rings (SSSR count). The first-order valence-electron chi connectivity index (χ1n) is 4.37. The predicted octanol–water partition coefficient (Wildman–Crippen LogP) is 1.74. The van der Waals surface area contributed by atoms with E-state index >= 15 is 0 Å². The van der Waals surface area contributed by atoms with E-state index in [1.54, 1.807) is 19.5 Å². The van der Waals surface area contributed by atoms with Crippen molar-refractivity contribution in [3.8, 4) is 5.75 Å². The number of rotatable bonds is 2. The summed E-state index contributed by atoms with van der Waals surface area (Å²) in [6.45, 7) is 0.0322. The van der Waals surface area contributed by atoms with Gasteiger partial charge in [-0.1, -0.05) is 6.07 Å². The number of hydrogen-bond donors (Lipinski definition) is 1. The van der Waals surface area contributed by atoms with Crippen LogP contribution in [0.25, 0.3) is 10.8 Å². The Hall–Kier alpha value is -1.61. The largest absolute Gasteiger partial charge is 0.496 e. The van der Waals surface area contributed by atoms with Crippen LogP contribution < -0.4 is 4.74 Å². The smallest absolute Gasteiger partial charge is 0.128 e. The van der Waals surface area contributed by atoms with Crippen LogP contribution in [0.15, 0.2) is 30.6 Å². The zero-order valence-corrected chi connectivity index (χ0v) is 7.90. The number of aliphatic hydroxyl groups excluding tert-OH is 1. The molecule has 0 aliphatic rings. The van der Waals surface area contributed by atoms with E-state index in [0.717, 1.165) is 22.1 Å². The van der Waals surface area contributed by atoms with Gasteiger partial charge in [0, 0.05) is 17.8 Å². The molecule has 0 amide bonds. The number of methoxy groups -OCH3 is 1. The summed E-state index contributed by atoms with van der Waals surface area (Å²) in [5.74, 6) is 0.783. The molecule has 0 unspecified atom stereocenters. The van der Waals surface area contributed by atoms with Crippen LogP contribution in [-0.4, -0.2) is 17.2 Å². The van der Waals surface area contributed by atoms with E-state index in [-0.39, 0.29) is 6.61 Å². The Labute approximate surface area is 82.0 Å². The lowest BCUT2D eigenvalue weighted by Gasteiger charge is -2.07. The topological polar surface area (TPSA) is 42.4 Å². The van der Waals surface area contributed by atoms with Gasteiger partial charge in [-0.2, -0.15) is 0 Å². The first-order chi connectivity index (χ1) is 6.86. The number of aliphatic hydroxyl groups is 1. The van der Waals surface area contributed by atoms with Gasteiger partial charge in [-0.05, 0) is 23.1 Å². The normalized spacial score (nSPS) is 10.4. The third-order valence-corrected chi connectivity index (χ3v) is 2.26. The molecule has 14 heavy (non-hydrogen) atoms. The number of nitrogens with zero attached hydrogens (tertiary/aromatic N) is 1. The number of pyridine rings is 1. The van der Waals surface area contributed by atoms with Gasteiger partial charge in [0.25, 0.3) is 0 Å². The molecule has 0 aliphatic heterocycles. The van der Waals surface area contributed by atoms with Crippen LogP contribution in [0.5, 0.6) is 5.75 Å². The van der Waals surface area contributed by atoms with E-state index in [9.17, 15) is 0 Å². The van der Waals surface area contributed by atoms with Gasteiger partial charge >= 0.3 is 0 Å². The maximum atomic E-state index is 9.14. The molecule has 1 aromatic carbocycles. The van der Waals surface area contributed by atoms with Crippen molar-refractivity contribution in [2.45, 2.75) is 6.61 Å². The molecule has 0 bridgehead atoms. The minimum atomic E-state index is 0.0322. The third kappa shape index (κ3) is 1.32. The van der Waals surface area contributed by atoms with Crippen molar-refractivity contribution in [1.29, 1.82) is 0 Å². The second kappa shape index (κ2) is 3.64. The number of fused-ring (bicyclic) bond motifs is 1. The van der Waals surface area contributed by atoms with E-state index in [1.165, 1.54) is 0 Å². The van der Waals surface area contributed by atoms with Crippen LogP contribution in [-0.2, 0) is 6.61 Å². The fraction of sp³-hybridized carbons (Fsp3) is 0.182. The minimum Gasteiger partial charge on any atom is -0.496 e. The SMILES string of the molecule is COc1ccc(CO)c2ccncc12. The highest BCUT2D eigenvalue weighted by Crippen LogP contribution is 2.27. The minimum absolute atomic E-state index is 0.0322. The van der Waals surface area contributed by atoms with Crippen molar-refractivity contribution in [2.24, 2.45) is 0 Å². The third-order valence-electron chi connectivity index (χ3n) is 2.26. The van der Waals surface area contributed by atoms with Gasteiger partial charge in [0.1, 0.15) is 5.75 Å². The number of aromatic nitrogens is 1. The highest BCUT2D eigenvalue weighted by atomic mass is 16.5. The number of benzene rings is 1. The average Bonchev–Trinajstić information content (AvgIpc) is 2.27. The molecule has 0 fully saturated rings. The fourth-order valence-electron chi connectivity index (χ4n) is 1.54. The lowest BCUT2D eigenvalue weighted by molar-refractivity contribution is 0.283. The Morgan fingerprint density at radius 1 is 1.29 bits per heavy atom. The highest BCUT2D eigenvalue weighted by molar-refractivity contribution is 5.90. The molecule has 0 atom stereocenters. The predicted molar refractivity (Wildman–Crippen MR) is 54.2 cm³/mol. The Balaban J connectivity index is 2.78. The van der Waals surface area contributed by atoms with Crippen molar-refractivity contribution < 1.29 is 9.84 Å².